The van der Waals surface area contributed by atoms with Crippen molar-refractivity contribution in [3.63, 3.8) is 0 Å². The van der Waals surface area contributed by atoms with E-state index in [0.717, 1.165) is 36.1 Å². The monoisotopic (exact) mass is 564 g/mol. The fourth-order valence-corrected chi connectivity index (χ4v) is 7.02. The lowest BCUT2D eigenvalue weighted by Crippen LogP contribution is -2.46. The number of nitrogens with one attached hydrogen (secondary N) is 1. The van der Waals surface area contributed by atoms with Crippen molar-refractivity contribution in [1.29, 1.82) is 0 Å². The lowest BCUT2D eigenvalue weighted by molar-refractivity contribution is -0.274. The molecule has 0 aromatic heterocycles. The van der Waals surface area contributed by atoms with Crippen molar-refractivity contribution in [3.8, 4) is 5.75 Å². The largest absolute Gasteiger partial charge is 0.573 e. The molecule has 1 fully saturated rings. The first-order valence-corrected chi connectivity index (χ1v) is 14.2. The van der Waals surface area contributed by atoms with Crippen molar-refractivity contribution < 1.29 is 32.6 Å². The van der Waals surface area contributed by atoms with Gasteiger partial charge in [0.25, 0.3) is 0 Å². The first kappa shape index (κ1) is 29.1. The number of thioether (sulfide) groups is 1. The van der Waals surface area contributed by atoms with Crippen LogP contribution >= 0.6 is 11.8 Å². The summed E-state index contributed by atoms with van der Waals surface area (Å²) < 4.78 is 40.5. The molecule has 0 spiro atoms. The molecular weight excluding hydrogens is 529 g/mol. The lowest BCUT2D eigenvalue weighted by Gasteiger charge is -2.36. The van der Waals surface area contributed by atoms with Crippen molar-refractivity contribution in [2.24, 2.45) is 5.92 Å². The summed E-state index contributed by atoms with van der Waals surface area (Å²) in [6, 6.07) is 12.3. The topological polar surface area (TPSA) is 78.9 Å². The Morgan fingerprint density at radius 3 is 2.38 bits per heavy atom. The third-order valence-corrected chi connectivity index (χ3v) is 9.15. The number of hydrogen-bond acceptors (Lipinski definition) is 4. The molecule has 39 heavy (non-hydrogen) atoms. The van der Waals surface area contributed by atoms with E-state index in [1.165, 1.54) is 49.6 Å². The van der Waals surface area contributed by atoms with Crippen LogP contribution in [-0.4, -0.2) is 45.7 Å². The van der Waals surface area contributed by atoms with Crippen molar-refractivity contribution in [1.82, 2.24) is 4.90 Å². The highest BCUT2D eigenvalue weighted by Crippen LogP contribution is 2.49. The van der Waals surface area contributed by atoms with Gasteiger partial charge in [-0.15, -0.1) is 24.9 Å². The minimum Gasteiger partial charge on any atom is -0.480 e. The molecule has 10 heteroatoms. The molecule has 1 saturated carbocycles. The van der Waals surface area contributed by atoms with E-state index in [-0.39, 0.29) is 23.1 Å². The molecule has 2 aromatic carbocycles. The van der Waals surface area contributed by atoms with E-state index < -0.39 is 17.1 Å². The molecule has 0 heterocycles. The third-order valence-electron chi connectivity index (χ3n) is 7.56. The Morgan fingerprint density at radius 2 is 1.74 bits per heavy atom. The highest BCUT2D eigenvalue weighted by Gasteiger charge is 2.43. The zero-order valence-corrected chi connectivity index (χ0v) is 23.0. The lowest BCUT2D eigenvalue weighted by atomic mass is 10.0. The number of anilines is 1. The molecular formula is C29H35F3N2O4S. The van der Waals surface area contributed by atoms with Crippen molar-refractivity contribution in [2.45, 2.75) is 81.2 Å². The second-order valence-electron chi connectivity index (χ2n) is 10.8. The highest BCUT2D eigenvalue weighted by atomic mass is 32.2. The smallest absolute Gasteiger partial charge is 0.480 e. The maximum Gasteiger partial charge on any atom is 0.573 e. The molecule has 0 saturated heterocycles. The third kappa shape index (κ3) is 7.62. The van der Waals surface area contributed by atoms with Crippen LogP contribution in [0.1, 0.15) is 68.7 Å². The van der Waals surface area contributed by atoms with E-state index in [4.69, 9.17) is 0 Å². The second kappa shape index (κ2) is 12.1. The molecule has 2 atom stereocenters. The average molecular weight is 565 g/mol. The number of carbonyl (C=O) groups is 2. The van der Waals surface area contributed by atoms with Crippen LogP contribution < -0.4 is 10.1 Å². The number of nitrogens with zero attached hydrogens (tertiary/aromatic N) is 1. The number of rotatable bonds is 10. The fourth-order valence-electron chi connectivity index (χ4n) is 5.52. The fraction of sp³-hybridized carbons (Fsp3) is 0.517. The van der Waals surface area contributed by atoms with Crippen molar-refractivity contribution in [3.05, 3.63) is 59.7 Å². The number of ether oxygens (including phenoxy) is 1. The number of urea groups is 1. The van der Waals surface area contributed by atoms with Crippen LogP contribution in [0.2, 0.25) is 0 Å². The Bertz CT molecular complexity index is 1150. The minimum atomic E-state index is -4.80. The van der Waals surface area contributed by atoms with Gasteiger partial charge in [-0.05, 0) is 74.4 Å². The van der Waals surface area contributed by atoms with Gasteiger partial charge in [0.1, 0.15) is 10.5 Å². The summed E-state index contributed by atoms with van der Waals surface area (Å²) in [5, 5.41) is 12.4. The van der Waals surface area contributed by atoms with Gasteiger partial charge in [-0.25, -0.2) is 4.79 Å². The molecule has 2 unspecified atom stereocenters. The van der Waals surface area contributed by atoms with E-state index in [1.54, 1.807) is 18.7 Å². The first-order valence-electron chi connectivity index (χ1n) is 13.4. The summed E-state index contributed by atoms with van der Waals surface area (Å²) >= 11 is 1.34. The van der Waals surface area contributed by atoms with Gasteiger partial charge in [0, 0.05) is 12.2 Å². The SMILES string of the molecule is CC(C)(SC1c2ccccc2CC1N(CCCC1CCCC1)C(=O)Nc1ccc(OC(F)(F)F)cc1)C(=O)O. The normalized spacial score (nSPS) is 19.5. The second-order valence-corrected chi connectivity index (χ2v) is 12.6. The molecule has 2 N–H and O–H groups in total. The van der Waals surface area contributed by atoms with Gasteiger partial charge in [-0.3, -0.25) is 4.79 Å². The van der Waals surface area contributed by atoms with Crippen LogP contribution in [0.5, 0.6) is 5.75 Å². The van der Waals surface area contributed by atoms with Gasteiger partial charge in [-0.2, -0.15) is 0 Å². The number of alkyl halides is 3. The number of carbonyl (C=O) groups excluding carboxylic acids is 1. The molecule has 0 aliphatic heterocycles. The molecule has 2 aliphatic carbocycles. The average Bonchev–Trinajstić information content (AvgIpc) is 3.50. The van der Waals surface area contributed by atoms with Gasteiger partial charge in [0.05, 0.1) is 11.3 Å². The van der Waals surface area contributed by atoms with Gasteiger partial charge >= 0.3 is 18.4 Å². The quantitative estimate of drug-likeness (QED) is 0.310. The van der Waals surface area contributed by atoms with Crippen LogP contribution in [0.4, 0.5) is 23.7 Å². The van der Waals surface area contributed by atoms with E-state index in [0.29, 0.717) is 24.6 Å². The van der Waals surface area contributed by atoms with E-state index in [1.807, 2.05) is 24.3 Å². The van der Waals surface area contributed by atoms with Crippen LogP contribution in [-0.2, 0) is 11.2 Å². The molecule has 2 aliphatic rings. The van der Waals surface area contributed by atoms with Gasteiger partial charge < -0.3 is 20.1 Å². The number of hydrogen-bond donors (Lipinski definition) is 2. The molecule has 2 amide bonds. The Morgan fingerprint density at radius 1 is 1.08 bits per heavy atom. The van der Waals surface area contributed by atoms with Crippen LogP contribution in [0, 0.1) is 5.92 Å². The summed E-state index contributed by atoms with van der Waals surface area (Å²) in [6.45, 7) is 3.85. The number of amides is 2. The zero-order valence-electron chi connectivity index (χ0n) is 22.2. The standard InChI is InChI=1S/C29H35F3N2O4S/c1-28(2,26(35)36)39-25-23-12-6-5-11-20(23)18-24(25)34(17-7-10-19-8-3-4-9-19)27(37)33-21-13-15-22(16-14-21)38-29(30,31)32/h5-6,11-16,19,24-25H,3-4,7-10,17-18H2,1-2H3,(H,33,37)(H,35,36). The Labute approximate surface area is 231 Å². The molecule has 0 radical (unpaired) electrons. The summed E-state index contributed by atoms with van der Waals surface area (Å²) in [6.07, 6.45) is 2.53. The van der Waals surface area contributed by atoms with Gasteiger partial charge in [0.2, 0.25) is 0 Å². The van der Waals surface area contributed by atoms with Gasteiger partial charge in [0.15, 0.2) is 0 Å². The van der Waals surface area contributed by atoms with Crippen molar-refractivity contribution in [2.75, 3.05) is 11.9 Å². The number of carboxylic acids is 1. The maximum atomic E-state index is 13.7. The number of halogens is 3. The first-order chi connectivity index (χ1) is 18.4. The predicted molar refractivity (Wildman–Crippen MR) is 146 cm³/mol. The van der Waals surface area contributed by atoms with Crippen molar-refractivity contribution >= 4 is 29.4 Å². The number of aliphatic carboxylic acids is 1. The molecule has 212 valence electrons. The van der Waals surface area contributed by atoms with E-state index >= 15 is 0 Å². The molecule has 2 aromatic rings. The summed E-state index contributed by atoms with van der Waals surface area (Å²) in [4.78, 5) is 27.5. The van der Waals surface area contributed by atoms with E-state index in [2.05, 4.69) is 10.1 Å². The Kier molecular flexibility index (Phi) is 9.03. The number of fused-ring (bicyclic) bond motifs is 1. The maximum absolute atomic E-state index is 13.7. The molecule has 0 bridgehead atoms. The van der Waals surface area contributed by atoms with Crippen LogP contribution in [0.3, 0.4) is 0 Å². The predicted octanol–water partition coefficient (Wildman–Crippen LogP) is 7.65. The Balaban J connectivity index is 1.56. The zero-order chi connectivity index (χ0) is 28.2. The summed E-state index contributed by atoms with van der Waals surface area (Å²) in [5.74, 6) is -0.630. The molecule has 4 rings (SSSR count). The summed E-state index contributed by atoms with van der Waals surface area (Å²) in [5.41, 5.74) is 2.47. The van der Waals surface area contributed by atoms with Crippen LogP contribution in [0.25, 0.3) is 0 Å². The highest BCUT2D eigenvalue weighted by molar-refractivity contribution is 8.01. The Hall–Kier alpha value is -2.88. The molecule has 6 nitrogen and oxygen atoms in total. The number of carboxylic acid groups (broad SMARTS) is 1. The number of benzene rings is 2. The van der Waals surface area contributed by atoms with E-state index in [9.17, 15) is 27.9 Å². The van der Waals surface area contributed by atoms with Gasteiger partial charge in [-0.1, -0.05) is 49.9 Å². The minimum absolute atomic E-state index is 0.243. The van der Waals surface area contributed by atoms with Crippen LogP contribution in [0.15, 0.2) is 48.5 Å². The summed E-state index contributed by atoms with van der Waals surface area (Å²) in [7, 11) is 0.